The Morgan fingerprint density at radius 2 is 1.90 bits per heavy atom. The first-order chi connectivity index (χ1) is 10.1. The molecule has 2 heterocycles. The highest BCUT2D eigenvalue weighted by Gasteiger charge is 2.03. The zero-order valence-electron chi connectivity index (χ0n) is 11.6. The molecule has 0 fully saturated rings. The van der Waals surface area contributed by atoms with Gasteiger partial charge >= 0.3 is 0 Å². The smallest absolute Gasteiger partial charge is 0.178 e. The van der Waals surface area contributed by atoms with Crippen molar-refractivity contribution in [1.82, 2.24) is 19.8 Å². The number of halogens is 1. The van der Waals surface area contributed by atoms with Gasteiger partial charge in [0, 0.05) is 0 Å². The Hall–Kier alpha value is -2.83. The number of hydrogen-bond donors (Lipinski definition) is 1. The van der Waals surface area contributed by atoms with Crippen LogP contribution in [0.25, 0.3) is 5.65 Å². The molecule has 0 aliphatic rings. The number of nitrogens with one attached hydrogen (secondary N) is 1. The van der Waals surface area contributed by atoms with Gasteiger partial charge in [-0.15, -0.1) is 15.3 Å². The first kappa shape index (κ1) is 13.2. The summed E-state index contributed by atoms with van der Waals surface area (Å²) in [5.41, 5.74) is 5.12. The molecular formula is C14H13FN6. The topological polar surface area (TPSA) is 67.5 Å². The van der Waals surface area contributed by atoms with Crippen LogP contribution in [-0.4, -0.2) is 25.5 Å². The molecule has 21 heavy (non-hydrogen) atoms. The van der Waals surface area contributed by atoms with Crippen molar-refractivity contribution in [1.29, 1.82) is 0 Å². The Balaban J connectivity index is 1.82. The summed E-state index contributed by atoms with van der Waals surface area (Å²) in [7, 11) is 0. The number of rotatable bonds is 3. The van der Waals surface area contributed by atoms with Crippen LogP contribution in [0.5, 0.6) is 0 Å². The van der Waals surface area contributed by atoms with E-state index in [1.165, 1.54) is 12.1 Å². The Morgan fingerprint density at radius 3 is 2.67 bits per heavy atom. The van der Waals surface area contributed by atoms with E-state index in [1.54, 1.807) is 28.8 Å². The number of anilines is 1. The average Bonchev–Trinajstić information content (AvgIpc) is 2.87. The summed E-state index contributed by atoms with van der Waals surface area (Å²) in [4.78, 5) is 0. The van der Waals surface area contributed by atoms with Gasteiger partial charge in [-0.05, 0) is 43.7 Å². The van der Waals surface area contributed by atoms with Crippen molar-refractivity contribution >= 4 is 17.2 Å². The van der Waals surface area contributed by atoms with E-state index in [2.05, 4.69) is 25.8 Å². The molecular weight excluding hydrogens is 271 g/mol. The number of hydrogen-bond acceptors (Lipinski definition) is 5. The van der Waals surface area contributed by atoms with Crippen LogP contribution >= 0.6 is 0 Å². The van der Waals surface area contributed by atoms with Crippen LogP contribution in [-0.2, 0) is 0 Å². The molecule has 0 saturated carbocycles. The van der Waals surface area contributed by atoms with E-state index >= 15 is 0 Å². The summed E-state index contributed by atoms with van der Waals surface area (Å²) < 4.78 is 14.5. The second kappa shape index (κ2) is 5.28. The van der Waals surface area contributed by atoms with Crippen molar-refractivity contribution in [2.24, 2.45) is 5.10 Å². The van der Waals surface area contributed by atoms with Crippen LogP contribution in [0.1, 0.15) is 18.3 Å². The number of hydrazone groups is 1. The maximum Gasteiger partial charge on any atom is 0.178 e. The van der Waals surface area contributed by atoms with Gasteiger partial charge in [0.05, 0.1) is 5.71 Å². The van der Waals surface area contributed by atoms with Gasteiger partial charge in [0.2, 0.25) is 0 Å². The number of nitrogens with zero attached hydrogens (tertiary/aromatic N) is 5. The van der Waals surface area contributed by atoms with Gasteiger partial charge in [0.25, 0.3) is 0 Å². The minimum absolute atomic E-state index is 0.269. The Bertz CT molecular complexity index is 806. The lowest BCUT2D eigenvalue weighted by molar-refractivity contribution is 0.628. The van der Waals surface area contributed by atoms with E-state index in [0.717, 1.165) is 11.3 Å². The fourth-order valence-corrected chi connectivity index (χ4v) is 1.85. The highest BCUT2D eigenvalue weighted by Crippen LogP contribution is 2.08. The lowest BCUT2D eigenvalue weighted by Crippen LogP contribution is -2.03. The summed E-state index contributed by atoms with van der Waals surface area (Å²) in [6, 6.07) is 9.73. The predicted octanol–water partition coefficient (Wildman–Crippen LogP) is 2.41. The molecule has 0 bridgehead atoms. The van der Waals surface area contributed by atoms with Gasteiger partial charge in [-0.2, -0.15) is 9.62 Å². The molecule has 0 unspecified atom stereocenters. The van der Waals surface area contributed by atoms with E-state index in [0.29, 0.717) is 17.3 Å². The lowest BCUT2D eigenvalue weighted by Gasteiger charge is -2.03. The normalized spacial score (nSPS) is 11.9. The molecule has 0 spiro atoms. The van der Waals surface area contributed by atoms with Gasteiger partial charge in [-0.1, -0.05) is 12.1 Å². The van der Waals surface area contributed by atoms with Crippen molar-refractivity contribution < 1.29 is 4.39 Å². The van der Waals surface area contributed by atoms with Crippen LogP contribution in [0.4, 0.5) is 10.2 Å². The quantitative estimate of drug-likeness (QED) is 0.592. The molecule has 0 aliphatic carbocycles. The molecule has 1 N–H and O–H groups in total. The molecule has 0 saturated heterocycles. The van der Waals surface area contributed by atoms with Crippen molar-refractivity contribution in [3.05, 3.63) is 53.6 Å². The number of aryl methyl sites for hydroxylation is 1. The predicted molar refractivity (Wildman–Crippen MR) is 77.8 cm³/mol. The fraction of sp³-hybridized carbons (Fsp3) is 0.143. The summed E-state index contributed by atoms with van der Waals surface area (Å²) in [5.74, 6) is 1.01. The summed E-state index contributed by atoms with van der Waals surface area (Å²) in [6.07, 6.45) is 0. The fourth-order valence-electron chi connectivity index (χ4n) is 1.85. The molecule has 0 atom stereocenters. The zero-order valence-corrected chi connectivity index (χ0v) is 11.6. The van der Waals surface area contributed by atoms with Crippen LogP contribution in [0.2, 0.25) is 0 Å². The van der Waals surface area contributed by atoms with E-state index < -0.39 is 0 Å². The third-order valence-electron chi connectivity index (χ3n) is 3.02. The van der Waals surface area contributed by atoms with Gasteiger partial charge in [0.1, 0.15) is 5.82 Å². The van der Waals surface area contributed by atoms with Crippen LogP contribution in [0, 0.1) is 12.7 Å². The molecule has 7 heteroatoms. The molecule has 6 nitrogen and oxygen atoms in total. The molecule has 106 valence electrons. The Morgan fingerprint density at radius 1 is 1.14 bits per heavy atom. The molecule has 0 amide bonds. The maximum atomic E-state index is 12.9. The molecule has 2 aromatic heterocycles. The molecule has 0 radical (unpaired) electrons. The maximum absolute atomic E-state index is 12.9. The van der Waals surface area contributed by atoms with E-state index in [9.17, 15) is 4.39 Å². The van der Waals surface area contributed by atoms with E-state index in [4.69, 9.17) is 0 Å². The zero-order chi connectivity index (χ0) is 14.8. The highest BCUT2D eigenvalue weighted by atomic mass is 19.1. The van der Waals surface area contributed by atoms with Gasteiger partial charge in [0.15, 0.2) is 17.3 Å². The second-order valence-electron chi connectivity index (χ2n) is 4.55. The van der Waals surface area contributed by atoms with Crippen LogP contribution in [0.15, 0.2) is 41.5 Å². The Labute approximate surface area is 120 Å². The molecule has 0 aliphatic heterocycles. The van der Waals surface area contributed by atoms with E-state index in [1.807, 2.05) is 13.8 Å². The summed E-state index contributed by atoms with van der Waals surface area (Å²) >= 11 is 0. The minimum atomic E-state index is -0.269. The lowest BCUT2D eigenvalue weighted by atomic mass is 10.1. The number of fused-ring (bicyclic) bond motifs is 1. The van der Waals surface area contributed by atoms with Crippen molar-refractivity contribution in [2.75, 3.05) is 5.43 Å². The Kier molecular flexibility index (Phi) is 3.31. The first-order valence-electron chi connectivity index (χ1n) is 6.39. The molecule has 1 aromatic carbocycles. The summed E-state index contributed by atoms with van der Waals surface area (Å²) in [6.45, 7) is 3.66. The summed E-state index contributed by atoms with van der Waals surface area (Å²) in [5, 5.41) is 16.5. The van der Waals surface area contributed by atoms with Gasteiger partial charge in [-0.3, -0.25) is 5.43 Å². The molecule has 3 rings (SSSR count). The van der Waals surface area contributed by atoms with Crippen LogP contribution < -0.4 is 5.43 Å². The third-order valence-corrected chi connectivity index (χ3v) is 3.02. The largest absolute Gasteiger partial charge is 0.260 e. The van der Waals surface area contributed by atoms with Crippen molar-refractivity contribution in [2.45, 2.75) is 13.8 Å². The minimum Gasteiger partial charge on any atom is -0.260 e. The second-order valence-corrected chi connectivity index (χ2v) is 4.55. The van der Waals surface area contributed by atoms with Gasteiger partial charge < -0.3 is 0 Å². The van der Waals surface area contributed by atoms with Gasteiger partial charge in [-0.25, -0.2) is 4.39 Å². The molecule has 3 aromatic rings. The highest BCUT2D eigenvalue weighted by molar-refractivity contribution is 5.98. The van der Waals surface area contributed by atoms with E-state index in [-0.39, 0.29) is 5.82 Å². The monoisotopic (exact) mass is 284 g/mol. The van der Waals surface area contributed by atoms with Crippen molar-refractivity contribution in [3.8, 4) is 0 Å². The standard InChI is InChI=1S/C14H13FN6/c1-9(11-3-5-12(15)6-4-11)16-18-13-7-8-14-19-17-10(2)21(14)20-13/h3-8H,1-2H3,(H,18,20). The van der Waals surface area contributed by atoms with Crippen LogP contribution in [0.3, 0.4) is 0 Å². The number of aromatic nitrogens is 4. The van der Waals surface area contributed by atoms with Crippen molar-refractivity contribution in [3.63, 3.8) is 0 Å². The SMILES string of the molecule is CC(=NNc1ccc2nnc(C)n2n1)c1ccc(F)cc1. The number of benzene rings is 1. The first-order valence-corrected chi connectivity index (χ1v) is 6.39. The average molecular weight is 284 g/mol. The third kappa shape index (κ3) is 2.71.